The van der Waals surface area contributed by atoms with Crippen molar-refractivity contribution >= 4 is 23.4 Å². The van der Waals surface area contributed by atoms with Gasteiger partial charge in [0.2, 0.25) is 0 Å². The number of nitrogens with zero attached hydrogens (tertiary/aromatic N) is 3. The summed E-state index contributed by atoms with van der Waals surface area (Å²) in [5.41, 5.74) is 0.0328. The van der Waals surface area contributed by atoms with Gasteiger partial charge in [0.25, 0.3) is 0 Å². The highest BCUT2D eigenvalue weighted by Gasteiger charge is 2.14. The van der Waals surface area contributed by atoms with Crippen LogP contribution in [-0.2, 0) is 6.54 Å². The van der Waals surface area contributed by atoms with E-state index in [-0.39, 0.29) is 16.6 Å². The molecular weight excluding hydrogens is 268 g/mol. The van der Waals surface area contributed by atoms with Crippen molar-refractivity contribution in [1.82, 2.24) is 14.8 Å². The molecule has 2 heterocycles. The lowest BCUT2D eigenvalue weighted by molar-refractivity contribution is 0.0697. The summed E-state index contributed by atoms with van der Waals surface area (Å²) in [6.07, 6.45) is 4.96. The molecule has 0 radical (unpaired) electrons. The van der Waals surface area contributed by atoms with Crippen molar-refractivity contribution in [3.05, 3.63) is 41.3 Å². The van der Waals surface area contributed by atoms with Crippen LogP contribution in [0.4, 0.5) is 5.82 Å². The molecule has 0 fully saturated rings. The molecule has 6 nitrogen and oxygen atoms in total. The zero-order valence-corrected chi connectivity index (χ0v) is 11.0. The molecule has 0 bridgehead atoms. The smallest absolute Gasteiger partial charge is 0.337 e. The van der Waals surface area contributed by atoms with Crippen LogP contribution in [0.25, 0.3) is 0 Å². The Balaban J connectivity index is 2.10. The van der Waals surface area contributed by atoms with Crippen molar-refractivity contribution < 1.29 is 9.90 Å². The van der Waals surface area contributed by atoms with Crippen molar-refractivity contribution in [2.45, 2.75) is 19.5 Å². The van der Waals surface area contributed by atoms with E-state index < -0.39 is 5.97 Å². The Morgan fingerprint density at radius 1 is 1.58 bits per heavy atom. The molecule has 1 unspecified atom stereocenters. The topological polar surface area (TPSA) is 80.0 Å². The van der Waals surface area contributed by atoms with Gasteiger partial charge in [0.15, 0.2) is 0 Å². The zero-order valence-electron chi connectivity index (χ0n) is 10.2. The summed E-state index contributed by atoms with van der Waals surface area (Å²) in [6, 6.07) is 3.21. The lowest BCUT2D eigenvalue weighted by Crippen LogP contribution is -2.23. The van der Waals surface area contributed by atoms with Gasteiger partial charge >= 0.3 is 5.97 Å². The maximum Gasteiger partial charge on any atom is 0.337 e. The molecule has 0 aliphatic carbocycles. The fourth-order valence-electron chi connectivity index (χ4n) is 1.68. The number of carbonyl (C=O) groups is 1. The number of carboxylic acid groups (broad SMARTS) is 1. The number of rotatable bonds is 5. The molecule has 2 rings (SSSR count). The average Bonchev–Trinajstić information content (AvgIpc) is 2.84. The van der Waals surface area contributed by atoms with Crippen LogP contribution in [0, 0.1) is 0 Å². The van der Waals surface area contributed by atoms with Crippen molar-refractivity contribution in [2.24, 2.45) is 0 Å². The summed E-state index contributed by atoms with van der Waals surface area (Å²) in [7, 11) is 0. The van der Waals surface area contributed by atoms with Crippen LogP contribution in [0.15, 0.2) is 30.7 Å². The molecule has 0 aliphatic heterocycles. The van der Waals surface area contributed by atoms with E-state index in [0.717, 1.165) is 0 Å². The predicted octanol–water partition coefficient (Wildman–Crippen LogP) is 2.13. The van der Waals surface area contributed by atoms with Crippen LogP contribution in [0.5, 0.6) is 0 Å². The van der Waals surface area contributed by atoms with Crippen molar-refractivity contribution in [1.29, 1.82) is 0 Å². The average molecular weight is 281 g/mol. The Bertz CT molecular complexity index is 571. The Kier molecular flexibility index (Phi) is 4.01. The van der Waals surface area contributed by atoms with Crippen molar-refractivity contribution in [2.75, 3.05) is 5.32 Å². The monoisotopic (exact) mass is 280 g/mol. The van der Waals surface area contributed by atoms with E-state index in [0.29, 0.717) is 12.4 Å². The van der Waals surface area contributed by atoms with Crippen molar-refractivity contribution in [3.8, 4) is 0 Å². The minimum absolute atomic E-state index is 0.00828. The lowest BCUT2D eigenvalue weighted by atomic mass is 10.2. The standard InChI is InChI=1S/C12H13ClN4O2/c1-8(7-17-6-2-4-15-17)16-11-10(13)9(12(18)19)3-5-14-11/h2-6,8H,7H2,1H3,(H,14,16)(H,18,19). The van der Waals surface area contributed by atoms with Gasteiger partial charge in [0.1, 0.15) is 5.82 Å². The first kappa shape index (κ1) is 13.4. The molecule has 2 aromatic heterocycles. The van der Waals surface area contributed by atoms with Crippen molar-refractivity contribution in [3.63, 3.8) is 0 Å². The molecule has 100 valence electrons. The molecule has 2 N–H and O–H groups in total. The van der Waals surface area contributed by atoms with Gasteiger partial charge in [-0.15, -0.1) is 0 Å². The molecule has 0 aliphatic rings. The number of hydrogen-bond donors (Lipinski definition) is 2. The number of nitrogens with one attached hydrogen (secondary N) is 1. The minimum Gasteiger partial charge on any atom is -0.478 e. The molecule has 1 atom stereocenters. The van der Waals surface area contributed by atoms with E-state index in [4.69, 9.17) is 16.7 Å². The first-order chi connectivity index (χ1) is 9.08. The third kappa shape index (κ3) is 3.23. The summed E-state index contributed by atoms with van der Waals surface area (Å²) in [6.45, 7) is 2.56. The summed E-state index contributed by atoms with van der Waals surface area (Å²) < 4.78 is 1.77. The SMILES string of the molecule is CC(Cn1cccn1)Nc1nccc(C(=O)O)c1Cl. The Hall–Kier alpha value is -2.08. The highest BCUT2D eigenvalue weighted by atomic mass is 35.5. The van der Waals surface area contributed by atoms with E-state index >= 15 is 0 Å². The van der Waals surface area contributed by atoms with Crippen LogP contribution in [-0.4, -0.2) is 31.9 Å². The maximum absolute atomic E-state index is 11.0. The minimum atomic E-state index is -1.07. The largest absolute Gasteiger partial charge is 0.478 e. The van der Waals surface area contributed by atoms with Gasteiger partial charge in [0.05, 0.1) is 17.1 Å². The zero-order chi connectivity index (χ0) is 13.8. The summed E-state index contributed by atoms with van der Waals surface area (Å²) in [4.78, 5) is 15.0. The number of carboxylic acids is 1. The van der Waals surface area contributed by atoms with Crippen LogP contribution < -0.4 is 5.32 Å². The van der Waals surface area contributed by atoms with E-state index in [2.05, 4.69) is 15.4 Å². The molecule has 0 saturated carbocycles. The van der Waals surface area contributed by atoms with Gasteiger partial charge < -0.3 is 10.4 Å². The first-order valence-corrected chi connectivity index (χ1v) is 6.07. The number of pyridine rings is 1. The molecule has 0 amide bonds. The van der Waals surface area contributed by atoms with Crippen LogP contribution >= 0.6 is 11.6 Å². The van der Waals surface area contributed by atoms with Gasteiger partial charge in [0, 0.05) is 24.6 Å². The summed E-state index contributed by atoms with van der Waals surface area (Å²) in [5.74, 6) is -0.712. The third-order valence-electron chi connectivity index (χ3n) is 2.52. The summed E-state index contributed by atoms with van der Waals surface area (Å²) in [5, 5.41) is 16.3. The fourth-order valence-corrected chi connectivity index (χ4v) is 1.92. The highest BCUT2D eigenvalue weighted by Crippen LogP contribution is 2.24. The predicted molar refractivity (Wildman–Crippen MR) is 71.5 cm³/mol. The quantitative estimate of drug-likeness (QED) is 0.877. The normalized spacial score (nSPS) is 12.1. The van der Waals surface area contributed by atoms with Gasteiger partial charge in [-0.25, -0.2) is 9.78 Å². The molecule has 0 saturated heterocycles. The molecule has 0 spiro atoms. The fraction of sp³-hybridized carbons (Fsp3) is 0.250. The second-order valence-electron chi connectivity index (χ2n) is 4.10. The molecule has 19 heavy (non-hydrogen) atoms. The Morgan fingerprint density at radius 2 is 2.37 bits per heavy atom. The molecule has 0 aromatic carbocycles. The van der Waals surface area contributed by atoms with Gasteiger partial charge in [-0.05, 0) is 19.1 Å². The molecule has 7 heteroatoms. The number of hydrogen-bond acceptors (Lipinski definition) is 4. The second-order valence-corrected chi connectivity index (χ2v) is 4.48. The third-order valence-corrected chi connectivity index (χ3v) is 2.91. The number of aromatic nitrogens is 3. The Morgan fingerprint density at radius 3 is 3.00 bits per heavy atom. The van der Waals surface area contributed by atoms with Gasteiger partial charge in [-0.3, -0.25) is 4.68 Å². The Labute approximate surface area is 115 Å². The van der Waals surface area contributed by atoms with Gasteiger partial charge in [-0.1, -0.05) is 11.6 Å². The van der Waals surface area contributed by atoms with Crippen LogP contribution in [0.2, 0.25) is 5.02 Å². The van der Waals surface area contributed by atoms with Gasteiger partial charge in [-0.2, -0.15) is 5.10 Å². The van der Waals surface area contributed by atoms with E-state index in [9.17, 15) is 4.79 Å². The van der Waals surface area contributed by atoms with Crippen LogP contribution in [0.3, 0.4) is 0 Å². The lowest BCUT2D eigenvalue weighted by Gasteiger charge is -2.16. The second kappa shape index (κ2) is 5.71. The molecule has 2 aromatic rings. The summed E-state index contributed by atoms with van der Waals surface area (Å²) >= 11 is 6.00. The van der Waals surface area contributed by atoms with E-state index in [1.165, 1.54) is 12.3 Å². The van der Waals surface area contributed by atoms with Crippen LogP contribution in [0.1, 0.15) is 17.3 Å². The van der Waals surface area contributed by atoms with E-state index in [1.54, 1.807) is 10.9 Å². The van der Waals surface area contributed by atoms with E-state index in [1.807, 2.05) is 19.2 Å². The highest BCUT2D eigenvalue weighted by molar-refractivity contribution is 6.35. The maximum atomic E-state index is 11.0. The number of halogens is 1. The first-order valence-electron chi connectivity index (χ1n) is 5.69. The molecular formula is C12H13ClN4O2. The number of aromatic carboxylic acids is 1. The number of anilines is 1.